The molecule has 8 aromatic rings. The van der Waals surface area contributed by atoms with Crippen LogP contribution < -0.4 is 42.5 Å². The zero-order valence-corrected chi connectivity index (χ0v) is 44.5. The zero-order chi connectivity index (χ0) is 56.1. The lowest BCUT2D eigenvalue weighted by molar-refractivity contribution is 0.0936. The highest BCUT2D eigenvalue weighted by molar-refractivity contribution is 6.10. The lowest BCUT2D eigenvalue weighted by Gasteiger charge is -2.17. The van der Waals surface area contributed by atoms with E-state index in [1.54, 1.807) is 191 Å². The van der Waals surface area contributed by atoms with Gasteiger partial charge in [-0.05, 0) is 67.7 Å². The van der Waals surface area contributed by atoms with E-state index in [9.17, 15) is 38.4 Å². The molecule has 0 saturated carbocycles. The van der Waals surface area contributed by atoms with Crippen LogP contribution in [0.15, 0.2) is 110 Å². The van der Waals surface area contributed by atoms with Crippen LogP contribution in [0.2, 0.25) is 0 Å². The number of carbonyl (C=O) groups excluding carboxylic acids is 8. The fourth-order valence-corrected chi connectivity index (χ4v) is 8.73. The quantitative estimate of drug-likeness (QED) is 0.0547. The second-order valence-corrected chi connectivity index (χ2v) is 18.9. The van der Waals surface area contributed by atoms with E-state index in [1.807, 2.05) is 11.9 Å². The largest absolute Gasteiger partial charge is 0.349 e. The minimum absolute atomic E-state index is 0.248. The van der Waals surface area contributed by atoms with Crippen LogP contribution in [0.5, 0.6) is 0 Å². The lowest BCUT2D eigenvalue weighted by atomic mass is 10.3. The second kappa shape index (κ2) is 22.8. The van der Waals surface area contributed by atoms with Gasteiger partial charge in [0, 0.05) is 132 Å². The van der Waals surface area contributed by atoms with Crippen molar-refractivity contribution < 1.29 is 38.4 Å². The predicted octanol–water partition coefficient (Wildman–Crippen LogP) is 4.00. The van der Waals surface area contributed by atoms with Crippen LogP contribution >= 0.6 is 0 Å². The minimum atomic E-state index is -0.468. The Bertz CT molecular complexity index is 3390. The number of aryl methyl sites for hydroxylation is 8. The minimum Gasteiger partial charge on any atom is -0.349 e. The number of amides is 8. The first kappa shape index (κ1) is 54.2. The van der Waals surface area contributed by atoms with Gasteiger partial charge in [-0.3, -0.25) is 38.4 Å². The van der Waals surface area contributed by atoms with Gasteiger partial charge in [0.2, 0.25) is 0 Å². The van der Waals surface area contributed by atoms with Crippen molar-refractivity contribution in [1.29, 1.82) is 0 Å². The van der Waals surface area contributed by atoms with Crippen molar-refractivity contribution >= 4 is 81.4 Å². The summed E-state index contributed by atoms with van der Waals surface area (Å²) < 4.78 is 12.9. The molecule has 0 aliphatic heterocycles. The Morgan fingerprint density at radius 1 is 0.333 bits per heavy atom. The van der Waals surface area contributed by atoms with Gasteiger partial charge in [0.25, 0.3) is 47.3 Å². The van der Waals surface area contributed by atoms with E-state index in [-0.39, 0.29) is 46.4 Å². The number of rotatable bonds is 20. The normalized spacial score (nSPS) is 11.1. The van der Waals surface area contributed by atoms with Gasteiger partial charge in [0.15, 0.2) is 0 Å². The molecule has 0 saturated heterocycles. The summed E-state index contributed by atoms with van der Waals surface area (Å²) in [6, 6.07) is 16.2. The van der Waals surface area contributed by atoms with Gasteiger partial charge in [-0.2, -0.15) is 0 Å². The Kier molecular flexibility index (Phi) is 15.9. The molecule has 25 heteroatoms. The second-order valence-electron chi connectivity index (χ2n) is 18.9. The number of nitrogens with zero attached hydrogens (tertiary/aromatic N) is 9. The van der Waals surface area contributed by atoms with Crippen LogP contribution in [-0.2, 0) is 56.4 Å². The predicted molar refractivity (Wildman–Crippen MR) is 293 cm³/mol. The zero-order valence-electron chi connectivity index (χ0n) is 44.5. The number of anilines is 6. The number of hydrogen-bond acceptors (Lipinski definition) is 9. The molecule has 0 fully saturated rings. The summed E-state index contributed by atoms with van der Waals surface area (Å²) >= 11 is 0. The van der Waals surface area contributed by atoms with Crippen LogP contribution in [-0.4, -0.2) is 122 Å². The molecule has 8 amide bonds. The molecule has 25 nitrogen and oxygen atoms in total. The first-order valence-electron chi connectivity index (χ1n) is 24.5. The first-order chi connectivity index (χ1) is 37.1. The topological polar surface area (TPSA) is 275 Å². The molecule has 0 atom stereocenters. The summed E-state index contributed by atoms with van der Waals surface area (Å²) in [5, 5.41) is 22.6. The monoisotopic (exact) mass is 1060 g/mol. The van der Waals surface area contributed by atoms with E-state index >= 15 is 0 Å². The van der Waals surface area contributed by atoms with Gasteiger partial charge >= 0.3 is 0 Å². The number of carbonyl (C=O) groups is 8. The van der Waals surface area contributed by atoms with Gasteiger partial charge in [0.1, 0.15) is 45.6 Å². The van der Waals surface area contributed by atoms with Crippen molar-refractivity contribution in [3.8, 4) is 0 Å². The molecule has 406 valence electrons. The highest BCUT2D eigenvalue weighted by atomic mass is 16.2. The molecule has 0 aromatic carbocycles. The van der Waals surface area contributed by atoms with Crippen LogP contribution in [0.25, 0.3) is 0 Å². The SMILES string of the molecule is CN(CCNC(=O)c1cc(NC(=O)c2cc(NC(=O)c3cc(NC(=O)c4cccn4C)cn3C)cn2C)cn1C)CCNC(=O)c1cc(NC(=O)c2cc(NC(=O)c3cc(NC(=O)c4cccn4C)cn3C)cn2C)cn1C. The smallest absolute Gasteiger partial charge is 0.272 e. The fraction of sp³-hybridized carbons (Fsp3) is 0.245. The maximum atomic E-state index is 13.4. The Labute approximate surface area is 447 Å². The number of hydrogen-bond donors (Lipinski definition) is 8. The summed E-state index contributed by atoms with van der Waals surface area (Å²) in [7, 11) is 15.4. The molecule has 8 aromatic heterocycles. The molecule has 8 rings (SSSR count). The molecule has 0 radical (unpaired) electrons. The van der Waals surface area contributed by atoms with E-state index < -0.39 is 23.6 Å². The van der Waals surface area contributed by atoms with Crippen LogP contribution in [0.4, 0.5) is 34.1 Å². The van der Waals surface area contributed by atoms with Crippen molar-refractivity contribution in [3.05, 3.63) is 156 Å². The number of likely N-dealkylation sites (N-methyl/N-ethyl adjacent to an activating group) is 1. The van der Waals surface area contributed by atoms with Gasteiger partial charge in [-0.25, -0.2) is 0 Å². The third-order valence-corrected chi connectivity index (χ3v) is 12.9. The van der Waals surface area contributed by atoms with Crippen LogP contribution in [0.1, 0.15) is 83.9 Å². The van der Waals surface area contributed by atoms with E-state index in [0.29, 0.717) is 83.1 Å². The molecule has 0 bridgehead atoms. The van der Waals surface area contributed by atoms with Crippen LogP contribution in [0.3, 0.4) is 0 Å². The van der Waals surface area contributed by atoms with Crippen molar-refractivity contribution in [2.24, 2.45) is 56.4 Å². The average molecular weight is 1060 g/mol. The van der Waals surface area contributed by atoms with E-state index in [1.165, 1.54) is 12.1 Å². The third-order valence-electron chi connectivity index (χ3n) is 12.9. The Morgan fingerprint density at radius 2 is 0.551 bits per heavy atom. The first-order valence-corrected chi connectivity index (χ1v) is 24.5. The number of aromatic nitrogens is 8. The molecular weight excluding hydrogens is 1000 g/mol. The average Bonchev–Trinajstić information content (AvgIpc) is 4.26. The molecular formula is C53H61N17O8. The van der Waals surface area contributed by atoms with E-state index in [0.717, 1.165) is 0 Å². The maximum absolute atomic E-state index is 13.4. The summed E-state index contributed by atoms with van der Waals surface area (Å²) in [5.74, 6) is -3.18. The van der Waals surface area contributed by atoms with Gasteiger partial charge in [-0.1, -0.05) is 0 Å². The maximum Gasteiger partial charge on any atom is 0.272 e. The van der Waals surface area contributed by atoms with E-state index in [2.05, 4.69) is 42.5 Å². The van der Waals surface area contributed by atoms with Crippen molar-refractivity contribution in [2.75, 3.05) is 65.1 Å². The Morgan fingerprint density at radius 3 is 0.769 bits per heavy atom. The highest BCUT2D eigenvalue weighted by Gasteiger charge is 2.22. The summed E-state index contributed by atoms with van der Waals surface area (Å²) in [6.07, 6.45) is 13.2. The highest BCUT2D eigenvalue weighted by Crippen LogP contribution is 2.23. The molecule has 8 N–H and O–H groups in total. The Balaban J connectivity index is 0.747. The number of nitrogens with one attached hydrogen (secondary N) is 8. The molecule has 0 spiro atoms. The third kappa shape index (κ3) is 12.4. The lowest BCUT2D eigenvalue weighted by Crippen LogP contribution is -2.38. The molecule has 0 unspecified atom stereocenters. The summed E-state index contributed by atoms with van der Waals surface area (Å²) in [4.78, 5) is 107. The van der Waals surface area contributed by atoms with Crippen LogP contribution in [0, 0.1) is 0 Å². The molecule has 0 aliphatic rings. The summed E-state index contributed by atoms with van der Waals surface area (Å²) in [6.45, 7) is 1.51. The molecule has 8 heterocycles. The van der Waals surface area contributed by atoms with Gasteiger partial charge < -0.3 is 84.0 Å². The summed E-state index contributed by atoms with van der Waals surface area (Å²) in [5.41, 5.74) is 5.00. The van der Waals surface area contributed by atoms with Gasteiger partial charge in [-0.15, -0.1) is 0 Å². The molecule has 0 aliphatic carbocycles. The molecule has 78 heavy (non-hydrogen) atoms. The Hall–Kier alpha value is -10.0. The van der Waals surface area contributed by atoms with E-state index in [4.69, 9.17) is 0 Å². The van der Waals surface area contributed by atoms with Crippen molar-refractivity contribution in [1.82, 2.24) is 52.1 Å². The van der Waals surface area contributed by atoms with Crippen molar-refractivity contribution in [2.45, 2.75) is 0 Å². The fourth-order valence-electron chi connectivity index (χ4n) is 8.73. The standard InChI is InChI=1S/C53H61N17O8/c1-62(18-14-54-46(71)40-20-32(26-65(40)4)58-50(75)44-24-36(30-69(44)8)60-52(77)42-22-34(28-67(42)6)56-48(73)38-12-10-16-63(38)2)19-15-55-47(72)41-21-33(27-66(41)5)59-51(76)45-25-37(31-70(45)9)61-53(78)43-23-35(29-68(43)7)57-49(74)39-13-11-17-64(39)3/h10-13,16-17,20-31H,14-15,18-19H2,1-9H3,(H,54,71)(H,55,72)(H,56,73)(H,57,74)(H,58,75)(H,59,76)(H,60,77)(H,61,78). The van der Waals surface area contributed by atoms with Gasteiger partial charge in [0.05, 0.1) is 34.1 Å². The van der Waals surface area contributed by atoms with Crippen molar-refractivity contribution in [3.63, 3.8) is 0 Å².